The van der Waals surface area contributed by atoms with Gasteiger partial charge in [0.25, 0.3) is 0 Å². The lowest BCUT2D eigenvalue weighted by molar-refractivity contribution is 0.00561. The van der Waals surface area contributed by atoms with Crippen LogP contribution in [0.3, 0.4) is 0 Å². The van der Waals surface area contributed by atoms with Crippen molar-refractivity contribution in [3.63, 3.8) is 0 Å². The molecule has 5 heterocycles. The Hall–Kier alpha value is -2.01. The summed E-state index contributed by atoms with van der Waals surface area (Å²) in [6.45, 7) is 15.3. The van der Waals surface area contributed by atoms with E-state index >= 15 is 0 Å². The Bertz CT molecular complexity index is 1360. The molecule has 0 unspecified atom stereocenters. The van der Waals surface area contributed by atoms with Crippen LogP contribution in [0.4, 0.5) is 10.6 Å². The Morgan fingerprint density at radius 2 is 1.95 bits per heavy atom. The van der Waals surface area contributed by atoms with Gasteiger partial charge in [-0.3, -0.25) is 14.4 Å². The SMILES string of the molecule is Cc1cc2c(N3C[C@@H](C)N(C(=O)OC(C)(C)C)[C@@H](C)C3)nc(=O)n3c2c(c1Cl)SC[C@@H]3CN1C[C@@H]2C[C@H]1CO2. The van der Waals surface area contributed by atoms with Crippen molar-refractivity contribution in [2.75, 3.05) is 43.4 Å². The van der Waals surface area contributed by atoms with Crippen molar-refractivity contribution in [3.05, 3.63) is 27.1 Å². The molecule has 3 fully saturated rings. The Morgan fingerprint density at radius 3 is 2.56 bits per heavy atom. The summed E-state index contributed by atoms with van der Waals surface area (Å²) in [6, 6.07) is 2.30. The third kappa shape index (κ3) is 4.81. The maximum atomic E-state index is 13.8. The topological polar surface area (TPSA) is 80.1 Å². The Balaban J connectivity index is 1.36. The monoisotopic (exact) mass is 575 g/mol. The highest BCUT2D eigenvalue weighted by molar-refractivity contribution is 7.99. The second-order valence-corrected chi connectivity index (χ2v) is 14.0. The molecule has 1 aromatic heterocycles. The number of nitrogens with zero attached hydrogens (tertiary/aromatic N) is 5. The lowest BCUT2D eigenvalue weighted by Gasteiger charge is -2.45. The number of likely N-dealkylation sites (tertiary alicyclic amines) is 1. The third-order valence-corrected chi connectivity index (χ3v) is 10.2. The first-order chi connectivity index (χ1) is 18.4. The number of halogens is 1. The van der Waals surface area contributed by atoms with Crippen LogP contribution in [0.25, 0.3) is 10.9 Å². The van der Waals surface area contributed by atoms with Crippen LogP contribution in [0.15, 0.2) is 15.8 Å². The Kier molecular flexibility index (Phi) is 6.84. The molecule has 39 heavy (non-hydrogen) atoms. The molecule has 11 heteroatoms. The van der Waals surface area contributed by atoms with Crippen LogP contribution < -0.4 is 10.6 Å². The molecule has 6 rings (SSSR count). The average molecular weight is 576 g/mol. The first-order valence-electron chi connectivity index (χ1n) is 13.9. The fourth-order valence-electron chi connectivity index (χ4n) is 6.71. The van der Waals surface area contributed by atoms with Gasteiger partial charge in [0.1, 0.15) is 11.4 Å². The zero-order valence-electron chi connectivity index (χ0n) is 23.6. The number of morpholine rings is 1. The summed E-state index contributed by atoms with van der Waals surface area (Å²) < 4.78 is 13.4. The predicted molar refractivity (Wildman–Crippen MR) is 154 cm³/mol. The van der Waals surface area contributed by atoms with Gasteiger partial charge in [-0.25, -0.2) is 9.59 Å². The van der Waals surface area contributed by atoms with Gasteiger partial charge in [-0.05, 0) is 59.6 Å². The first kappa shape index (κ1) is 27.2. The molecule has 0 saturated carbocycles. The summed E-state index contributed by atoms with van der Waals surface area (Å²) in [5, 5.41) is 1.65. The number of fused-ring (bicyclic) bond motifs is 2. The van der Waals surface area contributed by atoms with Crippen molar-refractivity contribution in [1.29, 1.82) is 0 Å². The fourth-order valence-corrected chi connectivity index (χ4v) is 8.26. The van der Waals surface area contributed by atoms with E-state index in [0.29, 0.717) is 36.1 Å². The van der Waals surface area contributed by atoms with Crippen LogP contribution in [0.1, 0.15) is 52.6 Å². The summed E-state index contributed by atoms with van der Waals surface area (Å²) in [7, 11) is 0. The van der Waals surface area contributed by atoms with Gasteiger partial charge >= 0.3 is 11.8 Å². The van der Waals surface area contributed by atoms with Gasteiger partial charge in [0.05, 0.1) is 46.3 Å². The number of anilines is 1. The van der Waals surface area contributed by atoms with Gasteiger partial charge in [0.15, 0.2) is 0 Å². The molecule has 2 aromatic rings. The lowest BCUT2D eigenvalue weighted by atomic mass is 10.1. The predicted octanol–water partition coefficient (Wildman–Crippen LogP) is 4.31. The quantitative estimate of drug-likeness (QED) is 0.536. The van der Waals surface area contributed by atoms with Gasteiger partial charge in [0, 0.05) is 43.4 Å². The van der Waals surface area contributed by atoms with E-state index in [2.05, 4.69) is 15.9 Å². The Morgan fingerprint density at radius 1 is 1.23 bits per heavy atom. The van der Waals surface area contributed by atoms with E-state index in [0.717, 1.165) is 53.2 Å². The lowest BCUT2D eigenvalue weighted by Crippen LogP contribution is -2.60. The highest BCUT2D eigenvalue weighted by atomic mass is 35.5. The van der Waals surface area contributed by atoms with E-state index in [4.69, 9.17) is 26.1 Å². The minimum atomic E-state index is -0.563. The smallest absolute Gasteiger partial charge is 0.410 e. The van der Waals surface area contributed by atoms with E-state index < -0.39 is 5.60 Å². The van der Waals surface area contributed by atoms with Crippen LogP contribution in [0.2, 0.25) is 5.02 Å². The number of benzene rings is 1. The van der Waals surface area contributed by atoms with Crippen LogP contribution >= 0.6 is 23.4 Å². The zero-order valence-corrected chi connectivity index (χ0v) is 25.1. The summed E-state index contributed by atoms with van der Waals surface area (Å²) in [5.41, 5.74) is 1.06. The minimum absolute atomic E-state index is 0.0130. The largest absolute Gasteiger partial charge is 0.444 e. The van der Waals surface area contributed by atoms with Crippen molar-refractivity contribution in [2.24, 2.45) is 0 Å². The molecule has 4 aliphatic rings. The molecule has 0 radical (unpaired) electrons. The number of aryl methyl sites for hydroxylation is 1. The van der Waals surface area contributed by atoms with Crippen molar-refractivity contribution in [2.45, 2.75) is 88.7 Å². The molecule has 0 N–H and O–H groups in total. The van der Waals surface area contributed by atoms with E-state index in [-0.39, 0.29) is 29.9 Å². The molecule has 3 saturated heterocycles. The molecule has 9 nitrogen and oxygen atoms in total. The molecule has 0 aliphatic carbocycles. The second kappa shape index (κ2) is 9.82. The Labute approximate surface area is 238 Å². The summed E-state index contributed by atoms with van der Waals surface area (Å²) >= 11 is 8.58. The van der Waals surface area contributed by atoms with Crippen LogP contribution in [0, 0.1) is 6.92 Å². The molecule has 0 spiro atoms. The van der Waals surface area contributed by atoms with Crippen molar-refractivity contribution in [1.82, 2.24) is 19.4 Å². The zero-order chi connectivity index (χ0) is 27.8. The van der Waals surface area contributed by atoms with Gasteiger partial charge < -0.3 is 14.4 Å². The van der Waals surface area contributed by atoms with Crippen molar-refractivity contribution < 1.29 is 14.3 Å². The summed E-state index contributed by atoms with van der Waals surface area (Å²) in [6.07, 6.45) is 1.08. The van der Waals surface area contributed by atoms with Crippen LogP contribution in [-0.4, -0.2) is 93.8 Å². The number of carbonyl (C=O) groups excluding carboxylic acids is 1. The minimum Gasteiger partial charge on any atom is -0.444 e. The van der Waals surface area contributed by atoms with Gasteiger partial charge in [0.2, 0.25) is 0 Å². The maximum absolute atomic E-state index is 13.8. The van der Waals surface area contributed by atoms with E-state index in [1.807, 2.05) is 46.1 Å². The molecule has 2 bridgehead atoms. The normalized spacial score (nSPS) is 28.9. The van der Waals surface area contributed by atoms with Crippen LogP contribution in [0.5, 0.6) is 0 Å². The third-order valence-electron chi connectivity index (χ3n) is 8.33. The van der Waals surface area contributed by atoms with Gasteiger partial charge in [-0.15, -0.1) is 11.8 Å². The molecular formula is C28H38ClN5O4S. The number of piperazine rings is 1. The maximum Gasteiger partial charge on any atom is 0.410 e. The molecule has 1 aromatic carbocycles. The van der Waals surface area contributed by atoms with Crippen molar-refractivity contribution >= 4 is 46.2 Å². The summed E-state index contributed by atoms with van der Waals surface area (Å²) in [5.74, 6) is 1.45. The van der Waals surface area contributed by atoms with E-state index in [9.17, 15) is 9.59 Å². The van der Waals surface area contributed by atoms with E-state index in [1.54, 1.807) is 16.7 Å². The molecule has 212 valence electrons. The highest BCUT2D eigenvalue weighted by Gasteiger charge is 2.41. The first-order valence-corrected chi connectivity index (χ1v) is 15.3. The standard InChI is InChI=1S/C28H38ClN5O4S/c1-15-7-21-23-24(22(15)29)39-14-19(11-31-12-20-8-18(31)13-37-20)34(23)26(35)30-25(21)32-9-16(2)33(17(3)10-32)27(36)38-28(4,5)6/h7,16-20H,8-14H2,1-6H3/t16-,17+,18-,19-,20-/m0/s1. The highest BCUT2D eigenvalue weighted by Crippen LogP contribution is 2.45. The van der Waals surface area contributed by atoms with Gasteiger partial charge in [-0.1, -0.05) is 11.6 Å². The summed E-state index contributed by atoms with van der Waals surface area (Å²) in [4.78, 5) is 38.9. The fraction of sp³-hybridized carbons (Fsp3) is 0.679. The van der Waals surface area contributed by atoms with Crippen molar-refractivity contribution in [3.8, 4) is 0 Å². The average Bonchev–Trinajstić information content (AvgIpc) is 3.46. The number of hydrogen-bond donors (Lipinski definition) is 0. The number of thioether (sulfide) groups is 1. The number of aromatic nitrogens is 2. The number of carbonyl (C=O) groups is 1. The van der Waals surface area contributed by atoms with Gasteiger partial charge in [-0.2, -0.15) is 4.98 Å². The number of ether oxygens (including phenoxy) is 2. The molecular weight excluding hydrogens is 538 g/mol. The number of amides is 1. The second-order valence-electron chi connectivity index (χ2n) is 12.6. The number of hydrogen-bond acceptors (Lipinski definition) is 8. The van der Waals surface area contributed by atoms with Crippen LogP contribution in [-0.2, 0) is 9.47 Å². The van der Waals surface area contributed by atoms with E-state index in [1.165, 1.54) is 0 Å². The molecule has 5 atom stereocenters. The molecule has 4 aliphatic heterocycles. The molecule has 1 amide bonds. The number of rotatable bonds is 3.